The summed E-state index contributed by atoms with van der Waals surface area (Å²) < 4.78 is 0.881. The number of carbonyl (C=O) groups excluding carboxylic acids is 1. The smallest absolute Gasteiger partial charge is 0.244 e. The van der Waals surface area contributed by atoms with E-state index in [-0.39, 0.29) is 11.2 Å². The third kappa shape index (κ3) is 5.82. The molecule has 140 valence electrons. The molecule has 4 nitrogen and oxygen atoms in total. The minimum Gasteiger partial charge on any atom is -0.299 e. The zero-order valence-corrected chi connectivity index (χ0v) is 17.6. The molecule has 3 aromatic rings. The van der Waals surface area contributed by atoms with Crippen LogP contribution in [0.1, 0.15) is 31.1 Å². The number of carbonyl (C=O) groups is 1. The first-order valence-corrected chi connectivity index (χ1v) is 11.3. The van der Waals surface area contributed by atoms with E-state index in [4.69, 9.17) is 0 Å². The third-order valence-electron chi connectivity index (χ3n) is 3.85. The summed E-state index contributed by atoms with van der Waals surface area (Å²) in [7, 11) is 0. The number of nitrogens with zero attached hydrogens (tertiary/aromatic N) is 2. The van der Waals surface area contributed by atoms with Crippen LogP contribution in [0.3, 0.4) is 0 Å². The van der Waals surface area contributed by atoms with Gasteiger partial charge in [0.1, 0.15) is 5.25 Å². The fourth-order valence-electron chi connectivity index (χ4n) is 2.27. The van der Waals surface area contributed by atoms with Gasteiger partial charge < -0.3 is 0 Å². The summed E-state index contributed by atoms with van der Waals surface area (Å²) in [4.78, 5) is 14.1. The van der Waals surface area contributed by atoms with Gasteiger partial charge in [0.25, 0.3) is 0 Å². The zero-order valence-electron chi connectivity index (χ0n) is 15.2. The van der Waals surface area contributed by atoms with E-state index >= 15 is 0 Å². The lowest BCUT2D eigenvalue weighted by Gasteiger charge is -2.16. The number of rotatable bonds is 8. The van der Waals surface area contributed by atoms with Crippen LogP contribution in [0.5, 0.6) is 0 Å². The molecule has 1 N–H and O–H groups in total. The highest BCUT2D eigenvalue weighted by Crippen LogP contribution is 2.37. The summed E-state index contributed by atoms with van der Waals surface area (Å²) in [5.41, 5.74) is 0.961. The van der Waals surface area contributed by atoms with Crippen LogP contribution < -0.4 is 5.32 Å². The monoisotopic (exact) mass is 415 g/mol. The van der Waals surface area contributed by atoms with Crippen molar-refractivity contribution in [3.8, 4) is 0 Å². The molecule has 0 aliphatic heterocycles. The molecule has 0 aliphatic rings. The molecule has 0 spiro atoms. The standard InChI is InChI=1S/C20H21N3OS3/c1-3-14(2)25-20-23-22-19(27-20)21-18(24)17(15-10-6-4-7-11-15)26-16-12-8-5-9-13-16/h4-14,17H,3H2,1-2H3,(H,21,22,24). The highest BCUT2D eigenvalue weighted by Gasteiger charge is 2.23. The highest BCUT2D eigenvalue weighted by atomic mass is 32.2. The van der Waals surface area contributed by atoms with Crippen LogP contribution in [0.15, 0.2) is 69.9 Å². The van der Waals surface area contributed by atoms with Crippen LogP contribution >= 0.6 is 34.9 Å². The van der Waals surface area contributed by atoms with Crippen molar-refractivity contribution in [3.63, 3.8) is 0 Å². The second kappa shape index (κ2) is 9.92. The Kier molecular flexibility index (Phi) is 7.32. The SMILES string of the molecule is CCC(C)Sc1nnc(NC(=O)C(Sc2ccccc2)c2ccccc2)s1. The largest absolute Gasteiger partial charge is 0.299 e. The molecular formula is C20H21N3OS3. The average Bonchev–Trinajstić information content (AvgIpc) is 3.14. The zero-order chi connectivity index (χ0) is 19.1. The molecule has 2 aromatic carbocycles. The minimum absolute atomic E-state index is 0.0914. The van der Waals surface area contributed by atoms with Crippen molar-refractivity contribution in [2.24, 2.45) is 0 Å². The van der Waals surface area contributed by atoms with Gasteiger partial charge in [-0.15, -0.1) is 22.0 Å². The second-order valence-electron chi connectivity index (χ2n) is 5.92. The van der Waals surface area contributed by atoms with Crippen LogP contribution in [-0.4, -0.2) is 21.4 Å². The van der Waals surface area contributed by atoms with Gasteiger partial charge in [-0.1, -0.05) is 85.5 Å². The Morgan fingerprint density at radius 1 is 1.04 bits per heavy atom. The molecule has 0 saturated heterocycles. The predicted molar refractivity (Wildman–Crippen MR) is 116 cm³/mol. The summed E-state index contributed by atoms with van der Waals surface area (Å²) in [5, 5.41) is 11.9. The fraction of sp³-hybridized carbons (Fsp3) is 0.250. The van der Waals surface area contributed by atoms with E-state index < -0.39 is 0 Å². The van der Waals surface area contributed by atoms with Gasteiger partial charge in [0.2, 0.25) is 11.0 Å². The van der Waals surface area contributed by atoms with Crippen LogP contribution in [0.25, 0.3) is 0 Å². The Balaban J connectivity index is 1.75. The van der Waals surface area contributed by atoms with E-state index in [0.29, 0.717) is 10.4 Å². The molecule has 0 saturated carbocycles. The first-order valence-electron chi connectivity index (χ1n) is 8.73. The summed E-state index contributed by atoms with van der Waals surface area (Å²) in [6.07, 6.45) is 1.07. The van der Waals surface area contributed by atoms with E-state index in [1.165, 1.54) is 23.1 Å². The van der Waals surface area contributed by atoms with Crippen molar-refractivity contribution in [1.29, 1.82) is 0 Å². The van der Waals surface area contributed by atoms with Gasteiger partial charge in [0.05, 0.1) is 0 Å². The van der Waals surface area contributed by atoms with Crippen molar-refractivity contribution in [3.05, 3.63) is 66.2 Å². The van der Waals surface area contributed by atoms with Gasteiger partial charge in [0.15, 0.2) is 4.34 Å². The number of anilines is 1. The molecule has 27 heavy (non-hydrogen) atoms. The molecule has 2 unspecified atom stereocenters. The van der Waals surface area contributed by atoms with Gasteiger partial charge in [-0.3, -0.25) is 10.1 Å². The molecule has 3 rings (SSSR count). The van der Waals surface area contributed by atoms with Crippen LogP contribution in [0.4, 0.5) is 5.13 Å². The number of nitrogens with one attached hydrogen (secondary N) is 1. The number of hydrogen-bond acceptors (Lipinski definition) is 6. The lowest BCUT2D eigenvalue weighted by Crippen LogP contribution is -2.18. The second-order valence-corrected chi connectivity index (χ2v) is 9.76. The van der Waals surface area contributed by atoms with Gasteiger partial charge >= 0.3 is 0 Å². The van der Waals surface area contributed by atoms with Crippen molar-refractivity contribution >= 4 is 45.9 Å². The first-order chi connectivity index (χ1) is 13.2. The Bertz CT molecular complexity index is 855. The molecule has 7 heteroatoms. The van der Waals surface area contributed by atoms with Crippen molar-refractivity contribution < 1.29 is 4.79 Å². The fourth-order valence-corrected chi connectivity index (χ4v) is 5.32. The van der Waals surface area contributed by atoms with E-state index in [0.717, 1.165) is 21.2 Å². The number of benzene rings is 2. The van der Waals surface area contributed by atoms with Crippen LogP contribution in [0, 0.1) is 0 Å². The van der Waals surface area contributed by atoms with E-state index in [1.54, 1.807) is 11.8 Å². The summed E-state index contributed by atoms with van der Waals surface area (Å²) >= 11 is 4.64. The summed E-state index contributed by atoms with van der Waals surface area (Å²) in [5.74, 6) is -0.0914. The predicted octanol–water partition coefficient (Wildman–Crippen LogP) is 5.90. The maximum absolute atomic E-state index is 13.0. The normalized spacial score (nSPS) is 13.1. The van der Waals surface area contributed by atoms with Crippen molar-refractivity contribution in [2.75, 3.05) is 5.32 Å². The number of aromatic nitrogens is 2. The Morgan fingerprint density at radius 3 is 2.37 bits per heavy atom. The molecular weight excluding hydrogens is 394 g/mol. The number of hydrogen-bond donors (Lipinski definition) is 1. The van der Waals surface area contributed by atoms with Crippen molar-refractivity contribution in [2.45, 2.75) is 40.0 Å². The van der Waals surface area contributed by atoms with E-state index in [9.17, 15) is 4.79 Å². The highest BCUT2D eigenvalue weighted by molar-refractivity contribution is 8.01. The summed E-state index contributed by atoms with van der Waals surface area (Å²) in [6.45, 7) is 4.30. The molecule has 0 aliphatic carbocycles. The average molecular weight is 416 g/mol. The summed E-state index contributed by atoms with van der Waals surface area (Å²) in [6, 6.07) is 19.8. The minimum atomic E-state index is -0.358. The lowest BCUT2D eigenvalue weighted by atomic mass is 10.1. The molecule has 0 bridgehead atoms. The first kappa shape index (κ1) is 19.9. The molecule has 1 heterocycles. The van der Waals surface area contributed by atoms with Gasteiger partial charge in [-0.25, -0.2) is 0 Å². The van der Waals surface area contributed by atoms with Crippen molar-refractivity contribution in [1.82, 2.24) is 10.2 Å². The quantitative estimate of drug-likeness (QED) is 0.367. The van der Waals surface area contributed by atoms with E-state index in [1.807, 2.05) is 60.7 Å². The van der Waals surface area contributed by atoms with Crippen LogP contribution in [0.2, 0.25) is 0 Å². The maximum Gasteiger partial charge on any atom is 0.244 e. The topological polar surface area (TPSA) is 54.9 Å². The van der Waals surface area contributed by atoms with Gasteiger partial charge in [-0.2, -0.15) is 0 Å². The van der Waals surface area contributed by atoms with Gasteiger partial charge in [-0.05, 0) is 24.1 Å². The van der Waals surface area contributed by atoms with Gasteiger partial charge in [0, 0.05) is 10.1 Å². The Morgan fingerprint density at radius 2 is 1.70 bits per heavy atom. The Hall–Kier alpha value is -1.83. The maximum atomic E-state index is 13.0. The molecule has 2 atom stereocenters. The third-order valence-corrected chi connectivity index (χ3v) is 7.31. The molecule has 0 radical (unpaired) electrons. The molecule has 1 aromatic heterocycles. The van der Waals surface area contributed by atoms with E-state index in [2.05, 4.69) is 29.4 Å². The molecule has 0 fully saturated rings. The lowest BCUT2D eigenvalue weighted by molar-refractivity contribution is -0.115. The number of thioether (sulfide) groups is 2. The molecule has 1 amide bonds. The Labute approximate surface area is 172 Å². The van der Waals surface area contributed by atoms with Crippen LogP contribution in [-0.2, 0) is 4.79 Å². The number of amides is 1.